The van der Waals surface area contributed by atoms with E-state index >= 15 is 0 Å². The van der Waals surface area contributed by atoms with Crippen LogP contribution in [0.2, 0.25) is 0 Å². The number of hydrogen-bond donors (Lipinski definition) is 0. The maximum Gasteiger partial charge on any atom is 0.416 e. The van der Waals surface area contributed by atoms with E-state index in [4.69, 9.17) is 0 Å². The van der Waals surface area contributed by atoms with Gasteiger partial charge in [0, 0.05) is 23.4 Å². The van der Waals surface area contributed by atoms with Crippen molar-refractivity contribution in [2.45, 2.75) is 60.1 Å². The molecule has 0 saturated heterocycles. The van der Waals surface area contributed by atoms with Gasteiger partial charge in [-0.1, -0.05) is 27.7 Å². The first kappa shape index (κ1) is 24.4. The van der Waals surface area contributed by atoms with Crippen LogP contribution in [-0.2, 0) is 6.18 Å². The van der Waals surface area contributed by atoms with Gasteiger partial charge in [-0.15, -0.1) is 0 Å². The Bertz CT molecular complexity index is 1090. The number of rotatable bonds is 4. The Hall–Kier alpha value is -2.89. The average Bonchev–Trinajstić information content (AvgIpc) is 3.18. The smallest absolute Gasteiger partial charge is 0.283 e. The van der Waals surface area contributed by atoms with Crippen LogP contribution < -0.4 is 0 Å². The van der Waals surface area contributed by atoms with Crippen molar-refractivity contribution in [2.75, 3.05) is 0 Å². The molecule has 166 valence electrons. The van der Waals surface area contributed by atoms with Crippen molar-refractivity contribution in [3.63, 3.8) is 0 Å². The van der Waals surface area contributed by atoms with Crippen molar-refractivity contribution >= 4 is 28.7 Å². The number of hydrogen-bond acceptors (Lipinski definition) is 2. The molecule has 0 saturated carbocycles. The predicted molar refractivity (Wildman–Crippen MR) is 122 cm³/mol. The highest BCUT2D eigenvalue weighted by Gasteiger charge is 2.31. The van der Waals surface area contributed by atoms with Crippen LogP contribution in [0.3, 0.4) is 0 Å². The van der Waals surface area contributed by atoms with E-state index in [0.717, 1.165) is 35.4 Å². The van der Waals surface area contributed by atoms with Crippen molar-refractivity contribution in [3.05, 3.63) is 64.8 Å². The standard InChI is InChI=1S/C23H23F3N2O.C2H6/c1-5-14(3)18-13-20(27-6-2)15(4)11-19(18)22(29)28-10-9-16-12-17(23(24,25)26)7-8-21(16)28;1-2/h6-14H,5H2,1-4H3;1-2H3. The van der Waals surface area contributed by atoms with Crippen LogP contribution in [0.4, 0.5) is 18.9 Å². The number of halogens is 3. The number of aryl methyl sites for hydroxylation is 1. The molecule has 0 radical (unpaired) electrons. The Kier molecular flexibility index (Phi) is 7.82. The molecule has 3 aromatic rings. The number of benzene rings is 2. The molecule has 0 N–H and O–H groups in total. The summed E-state index contributed by atoms with van der Waals surface area (Å²) in [7, 11) is 0. The highest BCUT2D eigenvalue weighted by Crippen LogP contribution is 2.34. The molecule has 0 aliphatic carbocycles. The second-order valence-electron chi connectivity index (χ2n) is 7.18. The molecule has 0 aliphatic rings. The quantitative estimate of drug-likeness (QED) is 0.387. The van der Waals surface area contributed by atoms with Crippen LogP contribution in [-0.4, -0.2) is 16.7 Å². The van der Waals surface area contributed by atoms with Crippen molar-refractivity contribution in [3.8, 4) is 0 Å². The van der Waals surface area contributed by atoms with Crippen LogP contribution in [0.25, 0.3) is 10.9 Å². The van der Waals surface area contributed by atoms with E-state index < -0.39 is 11.7 Å². The monoisotopic (exact) mass is 430 g/mol. The van der Waals surface area contributed by atoms with Gasteiger partial charge in [0.1, 0.15) is 0 Å². The summed E-state index contributed by atoms with van der Waals surface area (Å²) in [5.74, 6) is -0.121. The van der Waals surface area contributed by atoms with E-state index in [0.29, 0.717) is 16.5 Å². The molecule has 6 heteroatoms. The topological polar surface area (TPSA) is 34.4 Å². The van der Waals surface area contributed by atoms with Crippen molar-refractivity contribution in [2.24, 2.45) is 4.99 Å². The SMILES string of the molecule is CC.CC=Nc1cc(C(C)CC)c(C(=O)n2ccc3cc(C(F)(F)F)ccc32)cc1C. The first-order valence-electron chi connectivity index (χ1n) is 10.5. The number of alkyl halides is 3. The molecule has 0 spiro atoms. The van der Waals surface area contributed by atoms with Crippen LogP contribution in [0.1, 0.15) is 74.0 Å². The maximum absolute atomic E-state index is 13.4. The molecule has 2 aromatic carbocycles. The summed E-state index contributed by atoms with van der Waals surface area (Å²) < 4.78 is 40.4. The Balaban J connectivity index is 0.00000166. The molecule has 0 fully saturated rings. The van der Waals surface area contributed by atoms with Gasteiger partial charge < -0.3 is 0 Å². The fourth-order valence-electron chi connectivity index (χ4n) is 3.43. The molecule has 31 heavy (non-hydrogen) atoms. The Morgan fingerprint density at radius 2 is 1.84 bits per heavy atom. The minimum absolute atomic E-state index is 0.138. The summed E-state index contributed by atoms with van der Waals surface area (Å²) >= 11 is 0. The Morgan fingerprint density at radius 1 is 1.16 bits per heavy atom. The largest absolute Gasteiger partial charge is 0.416 e. The second kappa shape index (κ2) is 9.94. The number of aliphatic imine (C=N–C) groups is 1. The normalized spacial score (nSPS) is 12.7. The van der Waals surface area contributed by atoms with E-state index in [1.54, 1.807) is 6.21 Å². The summed E-state index contributed by atoms with van der Waals surface area (Å²) in [6, 6.07) is 8.72. The lowest BCUT2D eigenvalue weighted by molar-refractivity contribution is -0.137. The first-order valence-corrected chi connectivity index (χ1v) is 10.5. The van der Waals surface area contributed by atoms with E-state index in [9.17, 15) is 18.0 Å². The number of fused-ring (bicyclic) bond motifs is 1. The minimum atomic E-state index is -4.42. The molecule has 3 rings (SSSR count). The van der Waals surface area contributed by atoms with Gasteiger partial charge in [0.25, 0.3) is 5.91 Å². The molecule has 3 nitrogen and oxygen atoms in total. The fraction of sp³-hybridized carbons (Fsp3) is 0.360. The zero-order chi connectivity index (χ0) is 23.3. The maximum atomic E-state index is 13.4. The van der Waals surface area contributed by atoms with Gasteiger partial charge in [0.05, 0.1) is 16.8 Å². The summed E-state index contributed by atoms with van der Waals surface area (Å²) in [5.41, 5.74) is 2.84. The number of aromatic nitrogens is 1. The molecular formula is C25H29F3N2O. The zero-order valence-electron chi connectivity index (χ0n) is 18.8. The van der Waals surface area contributed by atoms with Gasteiger partial charge in [-0.25, -0.2) is 0 Å². The summed E-state index contributed by atoms with van der Waals surface area (Å²) in [4.78, 5) is 17.7. The first-order chi connectivity index (χ1) is 14.7. The molecule has 1 aromatic heterocycles. The Morgan fingerprint density at radius 3 is 2.42 bits per heavy atom. The zero-order valence-corrected chi connectivity index (χ0v) is 18.8. The van der Waals surface area contributed by atoms with E-state index in [1.165, 1.54) is 22.9 Å². The third-order valence-electron chi connectivity index (χ3n) is 5.25. The minimum Gasteiger partial charge on any atom is -0.283 e. The van der Waals surface area contributed by atoms with E-state index in [2.05, 4.69) is 4.99 Å². The lowest BCUT2D eigenvalue weighted by Crippen LogP contribution is -2.15. The van der Waals surface area contributed by atoms with Gasteiger partial charge in [0.2, 0.25) is 0 Å². The van der Waals surface area contributed by atoms with Gasteiger partial charge >= 0.3 is 6.18 Å². The lowest BCUT2D eigenvalue weighted by Gasteiger charge is -2.17. The average molecular weight is 431 g/mol. The number of carbonyl (C=O) groups is 1. The van der Waals surface area contributed by atoms with Crippen LogP contribution in [0.15, 0.2) is 47.6 Å². The van der Waals surface area contributed by atoms with Crippen LogP contribution >= 0.6 is 0 Å². The van der Waals surface area contributed by atoms with Crippen molar-refractivity contribution in [1.82, 2.24) is 4.57 Å². The van der Waals surface area contributed by atoms with Gasteiger partial charge in [-0.3, -0.25) is 14.4 Å². The van der Waals surface area contributed by atoms with E-state index in [-0.39, 0.29) is 11.8 Å². The number of carbonyl (C=O) groups excluding carboxylic acids is 1. The molecule has 0 amide bonds. The highest BCUT2D eigenvalue weighted by molar-refractivity contribution is 6.03. The number of nitrogens with zero attached hydrogens (tertiary/aromatic N) is 2. The third kappa shape index (κ3) is 5.06. The van der Waals surface area contributed by atoms with Crippen LogP contribution in [0, 0.1) is 6.92 Å². The molecule has 1 atom stereocenters. The molecular weight excluding hydrogens is 401 g/mol. The second-order valence-corrected chi connectivity index (χ2v) is 7.18. The molecule has 0 bridgehead atoms. The fourth-order valence-corrected chi connectivity index (χ4v) is 3.43. The van der Waals surface area contributed by atoms with Crippen molar-refractivity contribution in [1.29, 1.82) is 0 Å². The molecule has 0 aliphatic heterocycles. The lowest BCUT2D eigenvalue weighted by atomic mass is 9.91. The molecule has 1 heterocycles. The summed E-state index contributed by atoms with van der Waals surface area (Å²) in [5, 5.41) is 0.377. The van der Waals surface area contributed by atoms with E-state index in [1.807, 2.05) is 53.7 Å². The third-order valence-corrected chi connectivity index (χ3v) is 5.25. The van der Waals surface area contributed by atoms with Gasteiger partial charge in [-0.2, -0.15) is 13.2 Å². The summed E-state index contributed by atoms with van der Waals surface area (Å²) in [6.07, 6.45) is -0.334. The predicted octanol–water partition coefficient (Wildman–Crippen LogP) is 7.92. The van der Waals surface area contributed by atoms with Gasteiger partial charge in [0.15, 0.2) is 0 Å². The Labute approximate surface area is 181 Å². The van der Waals surface area contributed by atoms with Gasteiger partial charge in [-0.05, 0) is 73.7 Å². The highest BCUT2D eigenvalue weighted by atomic mass is 19.4. The summed E-state index contributed by atoms with van der Waals surface area (Å²) in [6.45, 7) is 11.8. The molecule has 1 unspecified atom stereocenters. The van der Waals surface area contributed by atoms with Crippen LogP contribution in [0.5, 0.6) is 0 Å². The van der Waals surface area contributed by atoms with Crippen molar-refractivity contribution < 1.29 is 18.0 Å².